The van der Waals surface area contributed by atoms with Crippen LogP contribution < -0.4 is 4.74 Å². The molecule has 102 valence electrons. The standard InChI is InChI=1S/C13H16ClN3OS/c1-4-17-12(15-16-13(17)19)9(3)18-11-7-8(2)5-6-10(11)14/h5-7,9H,4H2,1-3H3,(H,16,19)/t9-/m0/s1. The van der Waals surface area contributed by atoms with E-state index in [0.717, 1.165) is 17.9 Å². The maximum absolute atomic E-state index is 6.13. The van der Waals surface area contributed by atoms with Gasteiger partial charge in [0.1, 0.15) is 5.75 Å². The molecular weight excluding hydrogens is 282 g/mol. The van der Waals surface area contributed by atoms with Gasteiger partial charge in [0.2, 0.25) is 0 Å². The number of rotatable bonds is 4. The Labute approximate surface area is 122 Å². The van der Waals surface area contributed by atoms with Crippen molar-refractivity contribution in [2.75, 3.05) is 0 Å². The highest BCUT2D eigenvalue weighted by Gasteiger charge is 2.16. The third-order valence-electron chi connectivity index (χ3n) is 2.86. The van der Waals surface area contributed by atoms with Gasteiger partial charge in [-0.05, 0) is 50.7 Å². The normalized spacial score (nSPS) is 12.4. The summed E-state index contributed by atoms with van der Waals surface area (Å²) >= 11 is 11.3. The van der Waals surface area contributed by atoms with Gasteiger partial charge in [-0.3, -0.25) is 5.10 Å². The van der Waals surface area contributed by atoms with E-state index in [2.05, 4.69) is 10.2 Å². The Morgan fingerprint density at radius 1 is 1.53 bits per heavy atom. The second-order valence-electron chi connectivity index (χ2n) is 4.33. The topological polar surface area (TPSA) is 42.8 Å². The van der Waals surface area contributed by atoms with Crippen LogP contribution >= 0.6 is 23.8 Å². The average Bonchev–Trinajstić information content (AvgIpc) is 2.75. The van der Waals surface area contributed by atoms with E-state index in [1.807, 2.05) is 43.5 Å². The number of ether oxygens (including phenoxy) is 1. The van der Waals surface area contributed by atoms with Crippen LogP contribution in [0.25, 0.3) is 0 Å². The molecule has 1 N–H and O–H groups in total. The van der Waals surface area contributed by atoms with Crippen molar-refractivity contribution in [1.82, 2.24) is 14.8 Å². The molecule has 1 aromatic carbocycles. The summed E-state index contributed by atoms with van der Waals surface area (Å²) in [5.41, 5.74) is 1.10. The van der Waals surface area contributed by atoms with Gasteiger partial charge < -0.3 is 9.30 Å². The first-order valence-corrected chi connectivity index (χ1v) is 6.89. The number of aromatic amines is 1. The Morgan fingerprint density at radius 3 is 2.95 bits per heavy atom. The van der Waals surface area contributed by atoms with Crippen LogP contribution in [0, 0.1) is 11.7 Å². The van der Waals surface area contributed by atoms with Crippen LogP contribution in [0.5, 0.6) is 5.75 Å². The van der Waals surface area contributed by atoms with Crippen molar-refractivity contribution in [2.24, 2.45) is 0 Å². The Balaban J connectivity index is 2.27. The maximum Gasteiger partial charge on any atom is 0.195 e. The number of hydrogen-bond acceptors (Lipinski definition) is 3. The van der Waals surface area contributed by atoms with Crippen molar-refractivity contribution in [3.63, 3.8) is 0 Å². The summed E-state index contributed by atoms with van der Waals surface area (Å²) in [6.45, 7) is 6.69. The molecule has 2 aromatic rings. The number of benzene rings is 1. The average molecular weight is 298 g/mol. The van der Waals surface area contributed by atoms with Gasteiger partial charge in [-0.25, -0.2) is 0 Å². The minimum atomic E-state index is -0.229. The van der Waals surface area contributed by atoms with E-state index >= 15 is 0 Å². The molecule has 1 aromatic heterocycles. The van der Waals surface area contributed by atoms with Gasteiger partial charge in [-0.15, -0.1) is 0 Å². The third kappa shape index (κ3) is 2.98. The first-order chi connectivity index (χ1) is 9.02. The molecule has 2 rings (SSSR count). The van der Waals surface area contributed by atoms with Gasteiger partial charge in [0, 0.05) is 6.54 Å². The van der Waals surface area contributed by atoms with E-state index in [1.165, 1.54) is 0 Å². The minimum Gasteiger partial charge on any atom is -0.481 e. The highest BCUT2D eigenvalue weighted by Crippen LogP contribution is 2.29. The van der Waals surface area contributed by atoms with E-state index in [-0.39, 0.29) is 6.10 Å². The third-order valence-corrected chi connectivity index (χ3v) is 3.48. The SMILES string of the molecule is CCn1c([C@H](C)Oc2cc(C)ccc2Cl)n[nH]c1=S. The van der Waals surface area contributed by atoms with Gasteiger partial charge in [-0.2, -0.15) is 5.10 Å². The Bertz CT molecular complexity index is 635. The highest BCUT2D eigenvalue weighted by atomic mass is 35.5. The molecule has 4 nitrogen and oxygen atoms in total. The molecule has 0 amide bonds. The Hall–Kier alpha value is -1.33. The van der Waals surface area contributed by atoms with E-state index < -0.39 is 0 Å². The molecule has 1 atom stereocenters. The number of aromatic nitrogens is 3. The van der Waals surface area contributed by atoms with E-state index in [1.54, 1.807) is 0 Å². The van der Waals surface area contributed by atoms with Crippen LogP contribution in [0.1, 0.15) is 31.3 Å². The fourth-order valence-electron chi connectivity index (χ4n) is 1.89. The van der Waals surface area contributed by atoms with Gasteiger partial charge in [0.25, 0.3) is 0 Å². The molecule has 0 bridgehead atoms. The first-order valence-electron chi connectivity index (χ1n) is 6.10. The van der Waals surface area contributed by atoms with E-state index in [4.69, 9.17) is 28.6 Å². The Kier molecular flexibility index (Phi) is 4.27. The van der Waals surface area contributed by atoms with Crippen molar-refractivity contribution in [2.45, 2.75) is 33.4 Å². The molecule has 6 heteroatoms. The monoisotopic (exact) mass is 297 g/mol. The van der Waals surface area contributed by atoms with Gasteiger partial charge in [0.15, 0.2) is 16.7 Å². The molecule has 1 heterocycles. The molecule has 0 spiro atoms. The largest absolute Gasteiger partial charge is 0.481 e. The summed E-state index contributed by atoms with van der Waals surface area (Å²) in [6, 6.07) is 5.69. The van der Waals surface area contributed by atoms with Gasteiger partial charge in [-0.1, -0.05) is 17.7 Å². The van der Waals surface area contributed by atoms with Crippen LogP contribution in [0.15, 0.2) is 18.2 Å². The predicted octanol–water partition coefficient (Wildman–Crippen LogP) is 4.06. The van der Waals surface area contributed by atoms with Crippen molar-refractivity contribution >= 4 is 23.8 Å². The fraction of sp³-hybridized carbons (Fsp3) is 0.385. The minimum absolute atomic E-state index is 0.229. The van der Waals surface area contributed by atoms with E-state index in [9.17, 15) is 0 Å². The molecule has 0 aliphatic rings. The number of nitrogens with one attached hydrogen (secondary N) is 1. The zero-order valence-electron chi connectivity index (χ0n) is 11.1. The first kappa shape index (κ1) is 14.1. The van der Waals surface area contributed by atoms with Crippen LogP contribution in [-0.4, -0.2) is 14.8 Å². The zero-order chi connectivity index (χ0) is 14.0. The number of H-pyrrole nitrogens is 1. The summed E-state index contributed by atoms with van der Waals surface area (Å²) in [4.78, 5) is 0. The summed E-state index contributed by atoms with van der Waals surface area (Å²) in [7, 11) is 0. The van der Waals surface area contributed by atoms with Crippen molar-refractivity contribution < 1.29 is 4.74 Å². The van der Waals surface area contributed by atoms with Crippen LogP contribution in [-0.2, 0) is 6.54 Å². The number of hydrogen-bond donors (Lipinski definition) is 1. The summed E-state index contributed by atoms with van der Waals surface area (Å²) in [5.74, 6) is 1.43. The smallest absolute Gasteiger partial charge is 0.195 e. The second kappa shape index (κ2) is 5.75. The maximum atomic E-state index is 6.13. The van der Waals surface area contributed by atoms with Crippen LogP contribution in [0.2, 0.25) is 5.02 Å². The lowest BCUT2D eigenvalue weighted by Gasteiger charge is -2.16. The molecule has 0 fully saturated rings. The lowest BCUT2D eigenvalue weighted by Crippen LogP contribution is -2.11. The number of nitrogens with zero attached hydrogens (tertiary/aromatic N) is 2. The van der Waals surface area contributed by atoms with Crippen molar-refractivity contribution in [3.05, 3.63) is 39.4 Å². The van der Waals surface area contributed by atoms with Crippen molar-refractivity contribution in [1.29, 1.82) is 0 Å². The fourth-order valence-corrected chi connectivity index (χ4v) is 2.32. The van der Waals surface area contributed by atoms with Crippen molar-refractivity contribution in [3.8, 4) is 5.75 Å². The summed E-state index contributed by atoms with van der Waals surface area (Å²) in [5, 5.41) is 7.59. The van der Waals surface area contributed by atoms with E-state index in [0.29, 0.717) is 15.5 Å². The number of halogens is 1. The Morgan fingerprint density at radius 2 is 2.26 bits per heavy atom. The lowest BCUT2D eigenvalue weighted by molar-refractivity contribution is 0.210. The zero-order valence-corrected chi connectivity index (χ0v) is 12.7. The molecule has 0 aliphatic carbocycles. The summed E-state index contributed by atoms with van der Waals surface area (Å²) < 4.78 is 8.39. The molecule has 0 saturated heterocycles. The summed E-state index contributed by atoms with van der Waals surface area (Å²) in [6.07, 6.45) is -0.229. The lowest BCUT2D eigenvalue weighted by atomic mass is 10.2. The molecule has 0 radical (unpaired) electrons. The quantitative estimate of drug-likeness (QED) is 0.865. The molecule has 0 saturated carbocycles. The molecule has 0 aliphatic heterocycles. The predicted molar refractivity (Wildman–Crippen MR) is 78.3 cm³/mol. The molecular formula is C13H16ClN3OS. The number of aryl methyl sites for hydroxylation is 1. The van der Waals surface area contributed by atoms with Crippen LogP contribution in [0.3, 0.4) is 0 Å². The second-order valence-corrected chi connectivity index (χ2v) is 5.12. The van der Waals surface area contributed by atoms with Gasteiger partial charge >= 0.3 is 0 Å². The van der Waals surface area contributed by atoms with Crippen LogP contribution in [0.4, 0.5) is 0 Å². The van der Waals surface area contributed by atoms with Gasteiger partial charge in [0.05, 0.1) is 5.02 Å². The highest BCUT2D eigenvalue weighted by molar-refractivity contribution is 7.71. The molecule has 0 unspecified atom stereocenters. The molecule has 19 heavy (non-hydrogen) atoms.